The third-order valence-electron chi connectivity index (χ3n) is 3.76. The summed E-state index contributed by atoms with van der Waals surface area (Å²) in [5, 5.41) is 21.1. The number of hydrogen-bond acceptors (Lipinski definition) is 6. The van der Waals surface area contributed by atoms with Crippen LogP contribution in [0.25, 0.3) is 6.08 Å². The highest BCUT2D eigenvalue weighted by Crippen LogP contribution is 2.38. The number of aromatic nitrogens is 1. The van der Waals surface area contributed by atoms with Gasteiger partial charge in [0.25, 0.3) is 0 Å². The normalized spacial score (nSPS) is 10.3. The van der Waals surface area contributed by atoms with Crippen molar-refractivity contribution in [1.82, 2.24) is 4.98 Å². The first kappa shape index (κ1) is 20.0. The zero-order valence-electron chi connectivity index (χ0n) is 14.9. The van der Waals surface area contributed by atoms with Gasteiger partial charge in [-0.2, -0.15) is 15.5 Å². The van der Waals surface area contributed by atoms with E-state index >= 15 is 0 Å². The van der Waals surface area contributed by atoms with Crippen molar-refractivity contribution in [2.75, 3.05) is 11.1 Å². The van der Waals surface area contributed by atoms with Crippen molar-refractivity contribution in [3.8, 4) is 23.8 Å². The minimum absolute atomic E-state index is 0.236. The van der Waals surface area contributed by atoms with Gasteiger partial charge in [-0.1, -0.05) is 23.2 Å². The van der Waals surface area contributed by atoms with E-state index in [4.69, 9.17) is 44.2 Å². The van der Waals surface area contributed by atoms with Crippen molar-refractivity contribution in [3.05, 3.63) is 75.8 Å². The molecule has 0 aliphatic carbocycles. The number of nitrogens with one attached hydrogen (secondary N) is 1. The molecule has 0 bridgehead atoms. The molecular formula is C21H13Cl2N5O. The second-order valence-electron chi connectivity index (χ2n) is 5.78. The van der Waals surface area contributed by atoms with Crippen LogP contribution in [-0.4, -0.2) is 4.98 Å². The van der Waals surface area contributed by atoms with Crippen LogP contribution >= 0.6 is 23.2 Å². The van der Waals surface area contributed by atoms with Gasteiger partial charge in [-0.15, -0.1) is 0 Å². The average Bonchev–Trinajstić information content (AvgIpc) is 2.72. The number of benzene rings is 2. The molecular weight excluding hydrogens is 409 g/mol. The van der Waals surface area contributed by atoms with E-state index in [1.54, 1.807) is 54.6 Å². The highest BCUT2D eigenvalue weighted by atomic mass is 35.5. The number of nitrogens with zero attached hydrogens (tertiary/aromatic N) is 3. The number of allylic oxidation sites excluding steroid dienone is 1. The number of rotatable bonds is 5. The highest BCUT2D eigenvalue weighted by Gasteiger charge is 2.12. The molecule has 6 nitrogen and oxygen atoms in total. The zero-order chi connectivity index (χ0) is 20.8. The minimum atomic E-state index is 0.236. The monoisotopic (exact) mass is 421 g/mol. The number of nitrogen functional groups attached to an aromatic ring is 1. The molecule has 142 valence electrons. The van der Waals surface area contributed by atoms with Gasteiger partial charge in [0.05, 0.1) is 33.4 Å². The van der Waals surface area contributed by atoms with Gasteiger partial charge < -0.3 is 15.8 Å². The molecule has 0 unspecified atom stereocenters. The molecule has 0 fully saturated rings. The standard InChI is InChI=1S/C21H13Cl2N5O/c22-16-10-14(2-1-9-24)11-17(23)20(16)29-19-8-7-18(26)21(28-19)27-15-5-3-13(12-25)4-6-15/h1-8,10-11H,26H2,(H,27,28)/b2-1+. The van der Waals surface area contributed by atoms with Crippen LogP contribution in [0.3, 0.4) is 0 Å². The second kappa shape index (κ2) is 8.99. The topological polar surface area (TPSA) is 108 Å². The lowest BCUT2D eigenvalue weighted by Gasteiger charge is -2.13. The lowest BCUT2D eigenvalue weighted by molar-refractivity contribution is 0.464. The van der Waals surface area contributed by atoms with Crippen molar-refractivity contribution in [1.29, 1.82) is 10.5 Å². The van der Waals surface area contributed by atoms with E-state index in [1.807, 2.05) is 6.07 Å². The Kier molecular flexibility index (Phi) is 6.21. The molecule has 0 spiro atoms. The van der Waals surface area contributed by atoms with Gasteiger partial charge in [-0.3, -0.25) is 0 Å². The molecule has 0 amide bonds. The molecule has 0 radical (unpaired) electrons. The molecule has 8 heteroatoms. The van der Waals surface area contributed by atoms with Crippen molar-refractivity contribution in [3.63, 3.8) is 0 Å². The van der Waals surface area contributed by atoms with E-state index in [0.29, 0.717) is 28.3 Å². The summed E-state index contributed by atoms with van der Waals surface area (Å²) < 4.78 is 5.77. The minimum Gasteiger partial charge on any atom is -0.436 e. The van der Waals surface area contributed by atoms with Gasteiger partial charge in [0, 0.05) is 17.8 Å². The van der Waals surface area contributed by atoms with Crippen LogP contribution in [0.2, 0.25) is 10.0 Å². The molecule has 29 heavy (non-hydrogen) atoms. The van der Waals surface area contributed by atoms with Crippen LogP contribution < -0.4 is 15.8 Å². The Hall–Kier alpha value is -3.71. The van der Waals surface area contributed by atoms with Gasteiger partial charge in [0.1, 0.15) is 0 Å². The van der Waals surface area contributed by atoms with Crippen molar-refractivity contribution >= 4 is 46.5 Å². The average molecular weight is 422 g/mol. The molecule has 3 rings (SSSR count). The van der Waals surface area contributed by atoms with E-state index in [2.05, 4.69) is 16.4 Å². The molecule has 0 aliphatic heterocycles. The van der Waals surface area contributed by atoms with Crippen molar-refractivity contribution < 1.29 is 4.74 Å². The van der Waals surface area contributed by atoms with Gasteiger partial charge in [-0.05, 0) is 54.1 Å². The van der Waals surface area contributed by atoms with E-state index < -0.39 is 0 Å². The highest BCUT2D eigenvalue weighted by molar-refractivity contribution is 6.37. The molecule has 0 atom stereocenters. The van der Waals surface area contributed by atoms with Crippen molar-refractivity contribution in [2.24, 2.45) is 0 Å². The maximum atomic E-state index is 8.88. The second-order valence-corrected chi connectivity index (χ2v) is 6.59. The fraction of sp³-hybridized carbons (Fsp3) is 0. The largest absolute Gasteiger partial charge is 0.436 e. The number of ether oxygens (including phenoxy) is 1. The summed E-state index contributed by atoms with van der Waals surface area (Å²) in [6, 6.07) is 17.3. The molecule has 2 aromatic carbocycles. The molecule has 0 saturated carbocycles. The fourth-order valence-corrected chi connectivity index (χ4v) is 2.97. The lowest BCUT2D eigenvalue weighted by atomic mass is 10.2. The molecule has 0 saturated heterocycles. The summed E-state index contributed by atoms with van der Waals surface area (Å²) in [7, 11) is 0. The molecule has 0 aliphatic rings. The predicted molar refractivity (Wildman–Crippen MR) is 114 cm³/mol. The number of halogens is 2. The zero-order valence-corrected chi connectivity index (χ0v) is 16.4. The summed E-state index contributed by atoms with van der Waals surface area (Å²) in [4.78, 5) is 4.36. The summed E-state index contributed by atoms with van der Waals surface area (Å²) in [5.41, 5.74) is 8.34. The number of nitriles is 2. The van der Waals surface area contributed by atoms with E-state index in [9.17, 15) is 0 Å². The number of hydrogen-bond donors (Lipinski definition) is 2. The van der Waals surface area contributed by atoms with E-state index in [0.717, 1.165) is 0 Å². The van der Waals surface area contributed by atoms with Gasteiger partial charge >= 0.3 is 0 Å². The number of pyridine rings is 1. The smallest absolute Gasteiger partial charge is 0.221 e. The Bertz CT molecular complexity index is 1140. The maximum absolute atomic E-state index is 8.88. The Morgan fingerprint density at radius 3 is 2.34 bits per heavy atom. The summed E-state index contributed by atoms with van der Waals surface area (Å²) in [6.07, 6.45) is 2.91. The summed E-state index contributed by atoms with van der Waals surface area (Å²) in [5.74, 6) is 0.858. The predicted octanol–water partition coefficient (Wildman–Crippen LogP) is 5.91. The van der Waals surface area contributed by atoms with Crippen molar-refractivity contribution in [2.45, 2.75) is 0 Å². The number of nitrogens with two attached hydrogens (primary N) is 1. The van der Waals surface area contributed by atoms with Gasteiger partial charge in [0.2, 0.25) is 5.88 Å². The summed E-state index contributed by atoms with van der Waals surface area (Å²) >= 11 is 12.5. The SMILES string of the molecule is N#C/C=C/c1cc(Cl)c(Oc2ccc(N)c(Nc3ccc(C#N)cc3)n2)c(Cl)c1. The molecule has 3 N–H and O–H groups in total. The number of anilines is 3. The van der Waals surface area contributed by atoms with E-state index in [-0.39, 0.29) is 21.7 Å². The van der Waals surface area contributed by atoms with Crippen LogP contribution in [0.1, 0.15) is 11.1 Å². The first-order valence-electron chi connectivity index (χ1n) is 8.27. The van der Waals surface area contributed by atoms with Crippen LogP contribution in [0.5, 0.6) is 11.6 Å². The van der Waals surface area contributed by atoms with Crippen LogP contribution in [-0.2, 0) is 0 Å². The Labute approximate surface area is 177 Å². The lowest BCUT2D eigenvalue weighted by Crippen LogP contribution is -2.01. The maximum Gasteiger partial charge on any atom is 0.221 e. The Balaban J connectivity index is 1.85. The van der Waals surface area contributed by atoms with Crippen LogP contribution in [0.4, 0.5) is 17.2 Å². The molecule has 3 aromatic rings. The van der Waals surface area contributed by atoms with Gasteiger partial charge in [-0.25, -0.2) is 0 Å². The Morgan fingerprint density at radius 2 is 1.72 bits per heavy atom. The quantitative estimate of drug-likeness (QED) is 0.495. The van der Waals surface area contributed by atoms with Gasteiger partial charge in [0.15, 0.2) is 11.6 Å². The van der Waals surface area contributed by atoms with E-state index in [1.165, 1.54) is 6.08 Å². The van der Waals surface area contributed by atoms with Crippen LogP contribution in [0, 0.1) is 22.7 Å². The third kappa shape index (κ3) is 4.97. The molecule has 1 aromatic heterocycles. The Morgan fingerprint density at radius 1 is 1.03 bits per heavy atom. The molecule has 1 heterocycles. The van der Waals surface area contributed by atoms with Crippen LogP contribution in [0.15, 0.2) is 54.6 Å². The summed E-state index contributed by atoms with van der Waals surface area (Å²) in [6.45, 7) is 0. The third-order valence-corrected chi connectivity index (χ3v) is 4.32. The first-order chi connectivity index (χ1) is 14.0. The fourth-order valence-electron chi connectivity index (χ4n) is 2.39. The first-order valence-corrected chi connectivity index (χ1v) is 9.02.